The number of rotatable bonds is 10. The van der Waals surface area contributed by atoms with Crippen LogP contribution in [0.15, 0.2) is 0 Å². The van der Waals surface area contributed by atoms with Gasteiger partial charge in [-0.05, 0) is 64.8 Å². The van der Waals surface area contributed by atoms with Gasteiger partial charge in [0.15, 0.2) is 0 Å². The van der Waals surface area contributed by atoms with Crippen molar-refractivity contribution in [1.29, 1.82) is 0 Å². The normalized spacial score (nSPS) is 38.4. The van der Waals surface area contributed by atoms with Gasteiger partial charge in [0.2, 0.25) is 0 Å². The third kappa shape index (κ3) is 7.24. The van der Waals surface area contributed by atoms with E-state index in [1.165, 1.54) is 0 Å². The summed E-state index contributed by atoms with van der Waals surface area (Å²) < 4.78 is 35.5. The Kier molecular flexibility index (Phi) is 9.30. The zero-order chi connectivity index (χ0) is 21.1. The summed E-state index contributed by atoms with van der Waals surface area (Å²) in [6.07, 6.45) is 0.504. The predicted molar refractivity (Wildman–Crippen MR) is 110 cm³/mol. The average Bonchev–Trinajstić information content (AvgIpc) is 3.02. The van der Waals surface area contributed by atoms with Gasteiger partial charge in [-0.3, -0.25) is 0 Å². The van der Waals surface area contributed by atoms with Crippen molar-refractivity contribution in [3.05, 3.63) is 0 Å². The number of hydrogen-bond acceptors (Lipinski definition) is 7. The van der Waals surface area contributed by atoms with Crippen molar-refractivity contribution < 1.29 is 33.3 Å². The van der Waals surface area contributed by atoms with E-state index in [-0.39, 0.29) is 54.2 Å². The molecule has 1 saturated carbocycles. The minimum Gasteiger partial charge on any atom is -0.392 e. The molecule has 2 aliphatic rings. The molecule has 0 amide bonds. The molecule has 0 aromatic rings. The lowest BCUT2D eigenvalue weighted by molar-refractivity contribution is -0.0435. The molecule has 0 aromatic heterocycles. The highest BCUT2D eigenvalue weighted by atomic mass is 32.7. The van der Waals surface area contributed by atoms with Gasteiger partial charge in [0.05, 0.1) is 49.8 Å². The molecule has 1 saturated heterocycles. The molecule has 2 fully saturated rings. The summed E-state index contributed by atoms with van der Waals surface area (Å²) in [5.41, 5.74) is 0. The molecule has 8 atom stereocenters. The fourth-order valence-electron chi connectivity index (χ4n) is 3.88. The van der Waals surface area contributed by atoms with Crippen LogP contribution in [0.3, 0.4) is 0 Å². The number of hydrogen-bond donors (Lipinski definition) is 2. The maximum absolute atomic E-state index is 12.7. The van der Waals surface area contributed by atoms with Gasteiger partial charge in [-0.1, -0.05) is 6.92 Å². The molecular weight excluding hydrogens is 403 g/mol. The van der Waals surface area contributed by atoms with Crippen LogP contribution in [0.25, 0.3) is 0 Å². The van der Waals surface area contributed by atoms with Crippen molar-refractivity contribution in [1.82, 2.24) is 0 Å². The monoisotopic (exact) mass is 440 g/mol. The Labute approximate surface area is 173 Å². The zero-order valence-corrected chi connectivity index (χ0v) is 19.5. The first-order valence-corrected chi connectivity index (χ1v) is 13.3. The van der Waals surface area contributed by atoms with Gasteiger partial charge in [0.25, 0.3) is 0 Å². The van der Waals surface area contributed by atoms with Gasteiger partial charge in [-0.2, -0.15) is 0 Å². The van der Waals surface area contributed by atoms with Crippen LogP contribution in [0, 0.1) is 11.8 Å². The van der Waals surface area contributed by atoms with Gasteiger partial charge >= 0.3 is 6.80 Å². The average molecular weight is 441 g/mol. The molecule has 9 heteroatoms. The lowest BCUT2D eigenvalue weighted by Crippen LogP contribution is -2.32. The number of ether oxygens (including phenoxy) is 3. The van der Waals surface area contributed by atoms with Crippen molar-refractivity contribution in [2.24, 2.45) is 11.8 Å². The van der Waals surface area contributed by atoms with Crippen LogP contribution in [0.2, 0.25) is 0 Å². The van der Waals surface area contributed by atoms with Crippen LogP contribution < -0.4 is 0 Å². The van der Waals surface area contributed by atoms with E-state index in [4.69, 9.17) is 18.7 Å². The summed E-state index contributed by atoms with van der Waals surface area (Å²) in [4.78, 5) is 10.4. The summed E-state index contributed by atoms with van der Waals surface area (Å²) in [5, 5.41) is 10.3. The smallest absolute Gasteiger partial charge is 0.386 e. The highest BCUT2D eigenvalue weighted by molar-refractivity contribution is 8.55. The standard InChI is InChI=1S/C19H37O7PS/c1-11(2)23-10-17-18(8-14(6)26-17)28-27(21,22)24-9-15-16(25-12(3)4)7-13(5)19(15)20/h11-20H,7-10H2,1-6H3,(H,21,22)/t13-,14-,15+,16+,17+,18+,19?/m0/s1. The van der Waals surface area contributed by atoms with Crippen molar-refractivity contribution >= 4 is 18.2 Å². The molecule has 2 unspecified atom stereocenters. The first kappa shape index (κ1) is 24.6. The molecule has 28 heavy (non-hydrogen) atoms. The molecular formula is C19H37O7PS. The first-order chi connectivity index (χ1) is 13.0. The third-order valence-corrected chi connectivity index (χ3v) is 8.67. The maximum Gasteiger partial charge on any atom is 0.386 e. The van der Waals surface area contributed by atoms with Crippen LogP contribution in [0.5, 0.6) is 0 Å². The Bertz CT molecular complexity index is 530. The van der Waals surface area contributed by atoms with E-state index in [0.29, 0.717) is 13.0 Å². The predicted octanol–water partition coefficient (Wildman–Crippen LogP) is 3.62. The molecule has 0 radical (unpaired) electrons. The van der Waals surface area contributed by atoms with Crippen LogP contribution in [-0.2, 0) is 23.3 Å². The molecule has 7 nitrogen and oxygen atoms in total. The van der Waals surface area contributed by atoms with E-state index in [2.05, 4.69) is 0 Å². The van der Waals surface area contributed by atoms with Gasteiger partial charge in [-0.15, -0.1) is 0 Å². The van der Waals surface area contributed by atoms with Crippen LogP contribution in [0.1, 0.15) is 54.4 Å². The Balaban J connectivity index is 1.92. The topological polar surface area (TPSA) is 94.5 Å². The largest absolute Gasteiger partial charge is 0.392 e. The second-order valence-corrected chi connectivity index (χ2v) is 12.6. The Morgan fingerprint density at radius 1 is 1.14 bits per heavy atom. The van der Waals surface area contributed by atoms with E-state index in [1.54, 1.807) is 0 Å². The summed E-state index contributed by atoms with van der Waals surface area (Å²) in [6.45, 7) is 8.20. The molecule has 0 bridgehead atoms. The fourth-order valence-corrected chi connectivity index (χ4v) is 7.34. The highest BCUT2D eigenvalue weighted by Crippen LogP contribution is 2.60. The van der Waals surface area contributed by atoms with Crippen LogP contribution in [0.4, 0.5) is 0 Å². The number of aliphatic hydroxyl groups excluding tert-OH is 1. The van der Waals surface area contributed by atoms with Crippen molar-refractivity contribution in [3.8, 4) is 0 Å². The zero-order valence-electron chi connectivity index (χ0n) is 17.8. The summed E-state index contributed by atoms with van der Waals surface area (Å²) in [5.74, 6) is -0.234. The third-order valence-electron chi connectivity index (χ3n) is 5.23. The van der Waals surface area contributed by atoms with E-state index in [1.807, 2.05) is 41.5 Å². The Morgan fingerprint density at radius 2 is 1.82 bits per heavy atom. The summed E-state index contributed by atoms with van der Waals surface area (Å²) >= 11 is 0.935. The van der Waals surface area contributed by atoms with Gasteiger partial charge < -0.3 is 28.7 Å². The quantitative estimate of drug-likeness (QED) is 0.498. The van der Waals surface area contributed by atoms with Gasteiger partial charge in [0, 0.05) is 11.2 Å². The summed E-state index contributed by atoms with van der Waals surface area (Å²) in [6, 6.07) is 0. The maximum atomic E-state index is 12.7. The molecule has 0 spiro atoms. The van der Waals surface area contributed by atoms with E-state index < -0.39 is 12.9 Å². The molecule has 0 aromatic carbocycles. The minimum absolute atomic E-state index is 0.0000371. The Morgan fingerprint density at radius 3 is 2.43 bits per heavy atom. The van der Waals surface area contributed by atoms with Crippen molar-refractivity contribution in [2.45, 2.75) is 96.3 Å². The molecule has 2 N–H and O–H groups in total. The molecule has 2 rings (SSSR count). The van der Waals surface area contributed by atoms with E-state index in [9.17, 15) is 14.6 Å². The molecule has 1 aliphatic heterocycles. The minimum atomic E-state index is -3.90. The van der Waals surface area contributed by atoms with E-state index in [0.717, 1.165) is 17.8 Å². The van der Waals surface area contributed by atoms with Crippen LogP contribution >= 0.6 is 18.2 Å². The van der Waals surface area contributed by atoms with Gasteiger partial charge in [0.1, 0.15) is 0 Å². The lowest BCUT2D eigenvalue weighted by atomic mass is 10.0. The summed E-state index contributed by atoms with van der Waals surface area (Å²) in [7, 11) is 0. The van der Waals surface area contributed by atoms with Crippen molar-refractivity contribution in [2.75, 3.05) is 13.2 Å². The second kappa shape index (κ2) is 10.6. The molecule has 1 aliphatic carbocycles. The fraction of sp³-hybridized carbons (Fsp3) is 1.00. The van der Waals surface area contributed by atoms with Crippen LogP contribution in [-0.4, -0.2) is 65.1 Å². The number of aliphatic hydroxyl groups is 1. The lowest BCUT2D eigenvalue weighted by Gasteiger charge is -2.26. The first-order valence-electron chi connectivity index (χ1n) is 10.2. The highest BCUT2D eigenvalue weighted by Gasteiger charge is 2.44. The van der Waals surface area contributed by atoms with E-state index >= 15 is 0 Å². The second-order valence-electron chi connectivity index (χ2n) is 8.60. The molecule has 1 heterocycles. The molecule has 166 valence electrons. The van der Waals surface area contributed by atoms with Gasteiger partial charge in [-0.25, -0.2) is 4.57 Å². The van der Waals surface area contributed by atoms with Crippen molar-refractivity contribution in [3.63, 3.8) is 0 Å². The SMILES string of the molecule is CC(C)OC[C@H]1O[C@@H](C)C[C@H]1SP(=O)(O)OC[C@H]1C(O)[C@@H](C)C[C@H]1OC(C)C. The Hall–Kier alpha value is 0.340.